The summed E-state index contributed by atoms with van der Waals surface area (Å²) in [5, 5.41) is 0.999. The van der Waals surface area contributed by atoms with Crippen LogP contribution in [0.3, 0.4) is 0 Å². The fourth-order valence-corrected chi connectivity index (χ4v) is 1.25. The highest BCUT2D eigenvalue weighted by Crippen LogP contribution is 2.32. The number of nitrogens with zero attached hydrogens (tertiary/aromatic N) is 6. The zero-order valence-corrected chi connectivity index (χ0v) is 12.5. The van der Waals surface area contributed by atoms with Gasteiger partial charge < -0.3 is 19.7 Å². The summed E-state index contributed by atoms with van der Waals surface area (Å²) in [6.07, 6.45) is -5.69. The van der Waals surface area contributed by atoms with Crippen LogP contribution in [0.5, 0.6) is 0 Å². The first-order valence-electron chi connectivity index (χ1n) is 6.02. The van der Waals surface area contributed by atoms with Gasteiger partial charge >= 0.3 is 11.9 Å². The molecule has 0 rings (SSSR count). The van der Waals surface area contributed by atoms with E-state index in [1.54, 1.807) is 0 Å². The second-order valence-corrected chi connectivity index (χ2v) is 4.30. The Bertz CT molecular complexity index is 379. The van der Waals surface area contributed by atoms with E-state index < -0.39 is 69.4 Å². The van der Waals surface area contributed by atoms with Crippen molar-refractivity contribution in [2.75, 3.05) is 13.2 Å². The molecule has 0 amide bonds. The number of hydrogen-bond acceptors (Lipinski definition) is 10. The molecule has 0 aromatic carbocycles. The van der Waals surface area contributed by atoms with E-state index in [-0.39, 0.29) is 0 Å². The quantitative estimate of drug-likeness (QED) is 0.241. The molecule has 0 unspecified atom stereocenters. The summed E-state index contributed by atoms with van der Waals surface area (Å²) in [4.78, 5) is 0. The van der Waals surface area contributed by atoms with Gasteiger partial charge in [0.1, 0.15) is 12.2 Å². The van der Waals surface area contributed by atoms with Crippen LogP contribution in [0.4, 0.5) is 53.8 Å². The van der Waals surface area contributed by atoms with Crippen molar-refractivity contribution in [3.05, 3.63) is 0 Å². The highest BCUT2D eigenvalue weighted by Gasteiger charge is 2.59. The maximum Gasteiger partial charge on any atom is 0.410 e. The number of hydrogen-bond donors (Lipinski definition) is 2. The third kappa shape index (κ3) is 5.43. The standard InChI is InChI=1S/C6H8F12N6O4/c7-19(8)5(20(9)10,21(11)12)27-1-3(25)4(26)2-28-6(22(13)14,23(15)16)24(17)18/h3-4,25-26H,1-2H2/t3-,4-/m1/s1. The molecule has 0 aliphatic heterocycles. The minimum absolute atomic E-state index is 2.06. The van der Waals surface area contributed by atoms with Gasteiger partial charge in [-0.15, -0.1) is 0 Å². The van der Waals surface area contributed by atoms with Gasteiger partial charge in [0.25, 0.3) is 0 Å². The molecule has 0 heterocycles. The zero-order valence-electron chi connectivity index (χ0n) is 12.5. The van der Waals surface area contributed by atoms with E-state index in [1.165, 1.54) is 0 Å². The molecule has 0 saturated heterocycles. The third-order valence-electron chi connectivity index (χ3n) is 2.66. The van der Waals surface area contributed by atoms with E-state index in [4.69, 9.17) is 0 Å². The van der Waals surface area contributed by atoms with Crippen LogP contribution < -0.4 is 0 Å². The van der Waals surface area contributed by atoms with Gasteiger partial charge in [-0.3, -0.25) is 0 Å². The molecular weight excluding hydrogens is 448 g/mol. The Kier molecular flexibility index (Phi) is 10.0. The van der Waals surface area contributed by atoms with Crippen molar-refractivity contribution < 1.29 is 73.5 Å². The number of aliphatic hydroxyl groups excluding tert-OH is 2. The van der Waals surface area contributed by atoms with Crippen molar-refractivity contribution >= 4 is 0 Å². The molecule has 0 aromatic heterocycles. The smallest absolute Gasteiger partial charge is 0.388 e. The van der Waals surface area contributed by atoms with Gasteiger partial charge in [0.2, 0.25) is 0 Å². The first-order chi connectivity index (χ1) is 12.7. The lowest BCUT2D eigenvalue weighted by Crippen LogP contribution is -2.60. The van der Waals surface area contributed by atoms with Crippen molar-refractivity contribution in [3.8, 4) is 0 Å². The lowest BCUT2D eigenvalue weighted by molar-refractivity contribution is -0.558. The first kappa shape index (κ1) is 26.8. The van der Waals surface area contributed by atoms with Gasteiger partial charge in [0, 0.05) is 0 Å². The van der Waals surface area contributed by atoms with E-state index in [9.17, 15) is 64.0 Å². The molecule has 0 saturated carbocycles. The van der Waals surface area contributed by atoms with Crippen molar-refractivity contribution in [2.45, 2.75) is 24.2 Å². The van der Waals surface area contributed by atoms with E-state index in [1.807, 2.05) is 0 Å². The number of halogens is 12. The van der Waals surface area contributed by atoms with Crippen LogP contribution in [0.2, 0.25) is 0 Å². The summed E-state index contributed by atoms with van der Waals surface area (Å²) in [5.74, 6) is -10.4. The number of aliphatic hydroxyl groups is 2. The van der Waals surface area contributed by atoms with Crippen molar-refractivity contribution in [1.29, 1.82) is 0 Å². The third-order valence-corrected chi connectivity index (χ3v) is 2.66. The van der Waals surface area contributed by atoms with Crippen LogP contribution in [-0.2, 0) is 9.47 Å². The fraction of sp³-hybridized carbons (Fsp3) is 1.00. The van der Waals surface area contributed by atoms with E-state index in [0.29, 0.717) is 0 Å². The monoisotopic (exact) mass is 456 g/mol. The van der Waals surface area contributed by atoms with Crippen LogP contribution in [-0.4, -0.2) is 79.6 Å². The molecule has 0 aliphatic rings. The zero-order chi connectivity index (χ0) is 22.4. The Morgan fingerprint density at radius 2 is 0.679 bits per heavy atom. The topological polar surface area (TPSA) is 78.4 Å². The summed E-state index contributed by atoms with van der Waals surface area (Å²) in [7, 11) is 0. The summed E-state index contributed by atoms with van der Waals surface area (Å²) in [5.41, 5.74) is 0. The molecule has 22 heteroatoms. The molecule has 2 atom stereocenters. The molecule has 0 spiro atoms. The van der Waals surface area contributed by atoms with Crippen LogP contribution in [0, 0.1) is 0 Å². The average molecular weight is 456 g/mol. The van der Waals surface area contributed by atoms with Gasteiger partial charge in [-0.2, -0.15) is 0 Å². The number of ether oxygens (including phenoxy) is 2. The Balaban J connectivity index is 5.15. The highest BCUT2D eigenvalue weighted by molar-refractivity contribution is 4.70. The van der Waals surface area contributed by atoms with Crippen molar-refractivity contribution in [2.24, 2.45) is 0 Å². The maximum atomic E-state index is 12.3. The van der Waals surface area contributed by atoms with Crippen molar-refractivity contribution in [1.82, 2.24) is 32.1 Å². The lowest BCUT2D eigenvalue weighted by Gasteiger charge is -2.33. The summed E-state index contributed by atoms with van der Waals surface area (Å²) < 4.78 is 154. The van der Waals surface area contributed by atoms with Crippen LogP contribution >= 0.6 is 0 Å². The minimum atomic E-state index is -5.22. The van der Waals surface area contributed by atoms with E-state index in [0.717, 1.165) is 0 Å². The summed E-state index contributed by atoms with van der Waals surface area (Å²) >= 11 is 0. The molecule has 0 bridgehead atoms. The molecule has 28 heavy (non-hydrogen) atoms. The Labute approximate surface area is 144 Å². The SMILES string of the molecule is O[C@H](COC(N(F)F)(N(F)F)N(F)F)[C@H](O)COC(N(F)F)(N(F)F)N(F)F. The van der Waals surface area contributed by atoms with Crippen LogP contribution in [0.1, 0.15) is 0 Å². The second-order valence-electron chi connectivity index (χ2n) is 4.30. The largest absolute Gasteiger partial charge is 0.410 e. The molecule has 0 radical (unpaired) electrons. The second kappa shape index (κ2) is 10.5. The Hall–Kier alpha value is -1.24. The van der Waals surface area contributed by atoms with E-state index in [2.05, 4.69) is 9.47 Å². The molecule has 0 aliphatic carbocycles. The Morgan fingerprint density at radius 3 is 0.821 bits per heavy atom. The predicted octanol–water partition coefficient (Wildman–Crippen LogP) is 1.39. The molecule has 170 valence electrons. The molecule has 10 nitrogen and oxygen atoms in total. The highest BCUT2D eigenvalue weighted by atomic mass is 19.4. The van der Waals surface area contributed by atoms with Gasteiger partial charge in [-0.1, -0.05) is 53.8 Å². The van der Waals surface area contributed by atoms with Gasteiger partial charge in [-0.25, -0.2) is 0 Å². The van der Waals surface area contributed by atoms with E-state index >= 15 is 0 Å². The van der Waals surface area contributed by atoms with Crippen LogP contribution in [0.25, 0.3) is 0 Å². The summed E-state index contributed by atoms with van der Waals surface area (Å²) in [6, 6.07) is 0. The average Bonchev–Trinajstić information content (AvgIpc) is 2.53. The van der Waals surface area contributed by atoms with Crippen LogP contribution in [0.15, 0.2) is 0 Å². The fourth-order valence-electron chi connectivity index (χ4n) is 1.25. The van der Waals surface area contributed by atoms with Gasteiger partial charge in [0.15, 0.2) is 0 Å². The minimum Gasteiger partial charge on any atom is -0.388 e. The first-order valence-corrected chi connectivity index (χ1v) is 6.02. The number of rotatable bonds is 13. The lowest BCUT2D eigenvalue weighted by atomic mass is 10.2. The molecule has 0 fully saturated rings. The molecular formula is C6H8F12N6O4. The maximum absolute atomic E-state index is 12.3. The Morgan fingerprint density at radius 1 is 0.500 bits per heavy atom. The summed E-state index contributed by atoms with van der Waals surface area (Å²) in [6.45, 7) is -4.12. The molecule has 0 aromatic rings. The van der Waals surface area contributed by atoms with Gasteiger partial charge in [-0.05, 0) is 0 Å². The predicted molar refractivity (Wildman–Crippen MR) is 53.7 cm³/mol. The van der Waals surface area contributed by atoms with Crippen molar-refractivity contribution in [3.63, 3.8) is 0 Å². The normalized spacial score (nSPS) is 16.3. The van der Waals surface area contributed by atoms with Gasteiger partial charge in [0.05, 0.1) is 45.3 Å². The molecule has 2 N–H and O–H groups in total.